The Morgan fingerprint density at radius 1 is 1.33 bits per heavy atom. The fourth-order valence-electron chi connectivity index (χ4n) is 1.78. The van der Waals surface area contributed by atoms with Crippen molar-refractivity contribution in [2.24, 2.45) is 11.7 Å². The Balaban J connectivity index is 2.70. The molecule has 1 aromatic carbocycles. The first-order valence-corrected chi connectivity index (χ1v) is 8.13. The fraction of sp³-hybridized carbons (Fsp3) is 0.467. The second-order valence-electron chi connectivity index (χ2n) is 4.96. The molecule has 0 aliphatic heterocycles. The van der Waals surface area contributed by atoms with Gasteiger partial charge in [0.15, 0.2) is 0 Å². The molecule has 0 aliphatic carbocycles. The maximum Gasteiger partial charge on any atom is 0.240 e. The van der Waals surface area contributed by atoms with E-state index in [2.05, 4.69) is 5.32 Å². The zero-order valence-corrected chi connectivity index (χ0v) is 14.0. The lowest BCUT2D eigenvalue weighted by molar-refractivity contribution is -0.128. The lowest BCUT2D eigenvalue weighted by atomic mass is 9.98. The molecule has 3 unspecified atom stereocenters. The first kappa shape index (κ1) is 17.9. The summed E-state index contributed by atoms with van der Waals surface area (Å²) in [5, 5.41) is 2.97. The molecular weight excluding hydrogens is 308 g/mol. The number of nitrogens with one attached hydrogen (secondary N) is 1. The van der Waals surface area contributed by atoms with Gasteiger partial charge < -0.3 is 11.1 Å². The van der Waals surface area contributed by atoms with Crippen LogP contribution in [0.15, 0.2) is 29.2 Å². The van der Waals surface area contributed by atoms with Crippen LogP contribution < -0.4 is 11.1 Å². The van der Waals surface area contributed by atoms with E-state index in [1.807, 2.05) is 32.0 Å². The summed E-state index contributed by atoms with van der Waals surface area (Å²) in [4.78, 5) is 24.5. The summed E-state index contributed by atoms with van der Waals surface area (Å²) in [5.41, 5.74) is 5.36. The van der Waals surface area contributed by atoms with E-state index in [4.69, 9.17) is 17.3 Å². The Bertz CT molecular complexity index is 510. The summed E-state index contributed by atoms with van der Waals surface area (Å²) in [6.07, 6.45) is 0.764. The topological polar surface area (TPSA) is 72.2 Å². The highest BCUT2D eigenvalue weighted by Crippen LogP contribution is 2.30. The van der Waals surface area contributed by atoms with Crippen molar-refractivity contribution >= 4 is 35.2 Å². The number of carbonyl (C=O) groups is 2. The maximum absolute atomic E-state index is 12.2. The van der Waals surface area contributed by atoms with Crippen LogP contribution in [0.25, 0.3) is 0 Å². The molecule has 116 valence electrons. The number of amides is 2. The molecular formula is C15H21ClN2O2S. The van der Waals surface area contributed by atoms with Gasteiger partial charge >= 0.3 is 0 Å². The monoisotopic (exact) mass is 328 g/mol. The number of carbonyl (C=O) groups excluding carboxylic acids is 2. The highest BCUT2D eigenvalue weighted by molar-refractivity contribution is 8.00. The minimum absolute atomic E-state index is 0.00367. The molecule has 21 heavy (non-hydrogen) atoms. The highest BCUT2D eigenvalue weighted by Gasteiger charge is 2.26. The average Bonchev–Trinajstić information content (AvgIpc) is 2.45. The summed E-state index contributed by atoms with van der Waals surface area (Å²) in [6, 6.07) is 6.70. The number of benzene rings is 1. The molecule has 3 N–H and O–H groups in total. The Morgan fingerprint density at radius 2 is 1.95 bits per heavy atom. The number of rotatable bonds is 7. The van der Waals surface area contributed by atoms with E-state index >= 15 is 0 Å². The first-order valence-electron chi connectivity index (χ1n) is 6.87. The van der Waals surface area contributed by atoms with E-state index in [0.717, 1.165) is 11.3 Å². The van der Waals surface area contributed by atoms with Crippen molar-refractivity contribution < 1.29 is 9.59 Å². The van der Waals surface area contributed by atoms with E-state index in [-0.39, 0.29) is 17.1 Å². The van der Waals surface area contributed by atoms with Crippen LogP contribution in [0.2, 0.25) is 5.02 Å². The summed E-state index contributed by atoms with van der Waals surface area (Å²) in [5.74, 6) is -0.722. The van der Waals surface area contributed by atoms with Crippen LogP contribution >= 0.6 is 23.4 Å². The van der Waals surface area contributed by atoms with E-state index in [0.29, 0.717) is 5.02 Å². The van der Waals surface area contributed by atoms with Gasteiger partial charge in [0, 0.05) is 4.90 Å². The van der Waals surface area contributed by atoms with Crippen molar-refractivity contribution in [3.05, 3.63) is 29.3 Å². The summed E-state index contributed by atoms with van der Waals surface area (Å²) in [6.45, 7) is 5.62. The van der Waals surface area contributed by atoms with E-state index in [1.165, 1.54) is 11.8 Å². The highest BCUT2D eigenvalue weighted by atomic mass is 35.5. The smallest absolute Gasteiger partial charge is 0.240 e. The van der Waals surface area contributed by atoms with Gasteiger partial charge in [-0.2, -0.15) is 0 Å². The molecule has 1 rings (SSSR count). The van der Waals surface area contributed by atoms with Crippen molar-refractivity contribution in [3.8, 4) is 0 Å². The Kier molecular flexibility index (Phi) is 7.05. The number of primary amides is 1. The van der Waals surface area contributed by atoms with Crippen LogP contribution in [0.1, 0.15) is 27.2 Å². The minimum atomic E-state index is -0.642. The predicted octanol–water partition coefficient (Wildman–Crippen LogP) is 2.84. The zero-order chi connectivity index (χ0) is 16.0. The van der Waals surface area contributed by atoms with Gasteiger partial charge in [0.25, 0.3) is 0 Å². The van der Waals surface area contributed by atoms with Crippen molar-refractivity contribution in [3.63, 3.8) is 0 Å². The van der Waals surface area contributed by atoms with E-state index < -0.39 is 11.9 Å². The SMILES string of the molecule is CCC(C)C(NC(=O)C(C)Sc1ccccc1Cl)C(N)=O. The van der Waals surface area contributed by atoms with Gasteiger partial charge in [-0.05, 0) is 25.0 Å². The Hall–Kier alpha value is -1.20. The number of nitrogens with two attached hydrogens (primary N) is 1. The molecule has 0 spiro atoms. The van der Waals surface area contributed by atoms with Gasteiger partial charge in [0.1, 0.15) is 6.04 Å². The minimum Gasteiger partial charge on any atom is -0.368 e. The van der Waals surface area contributed by atoms with Crippen molar-refractivity contribution in [2.75, 3.05) is 0 Å². The number of halogens is 1. The van der Waals surface area contributed by atoms with Gasteiger partial charge in [0.05, 0.1) is 10.3 Å². The van der Waals surface area contributed by atoms with Crippen molar-refractivity contribution in [2.45, 2.75) is 43.4 Å². The third-order valence-electron chi connectivity index (χ3n) is 3.33. The number of hydrogen-bond acceptors (Lipinski definition) is 3. The third kappa shape index (κ3) is 5.25. The summed E-state index contributed by atoms with van der Waals surface area (Å²) in [7, 11) is 0. The van der Waals surface area contributed by atoms with E-state index in [9.17, 15) is 9.59 Å². The van der Waals surface area contributed by atoms with Crippen LogP contribution in [-0.4, -0.2) is 23.1 Å². The van der Waals surface area contributed by atoms with Gasteiger partial charge in [-0.25, -0.2) is 0 Å². The largest absolute Gasteiger partial charge is 0.368 e. The molecule has 0 bridgehead atoms. The van der Waals surface area contributed by atoms with Gasteiger partial charge in [-0.3, -0.25) is 9.59 Å². The lowest BCUT2D eigenvalue weighted by Crippen LogP contribution is -2.50. The summed E-state index contributed by atoms with van der Waals surface area (Å²) < 4.78 is 0. The predicted molar refractivity (Wildman–Crippen MR) is 87.4 cm³/mol. The molecule has 0 saturated carbocycles. The van der Waals surface area contributed by atoms with Crippen LogP contribution in [0.3, 0.4) is 0 Å². The van der Waals surface area contributed by atoms with Crippen molar-refractivity contribution in [1.29, 1.82) is 0 Å². The Morgan fingerprint density at radius 3 is 2.48 bits per heavy atom. The average molecular weight is 329 g/mol. The van der Waals surface area contributed by atoms with Gasteiger partial charge in [0.2, 0.25) is 11.8 Å². The number of hydrogen-bond donors (Lipinski definition) is 2. The molecule has 4 nitrogen and oxygen atoms in total. The molecule has 0 fully saturated rings. The standard InChI is InChI=1S/C15H21ClN2O2S/c1-4-9(2)13(14(17)19)18-15(20)10(3)21-12-8-6-5-7-11(12)16/h5-10,13H,4H2,1-3H3,(H2,17,19)(H,18,20). The first-order chi connectivity index (χ1) is 9.86. The molecule has 6 heteroatoms. The zero-order valence-electron chi connectivity index (χ0n) is 12.4. The third-order valence-corrected chi connectivity index (χ3v) is 4.95. The van der Waals surface area contributed by atoms with E-state index in [1.54, 1.807) is 13.0 Å². The Labute approximate surface area is 134 Å². The molecule has 0 saturated heterocycles. The van der Waals surface area contributed by atoms with Crippen LogP contribution in [0, 0.1) is 5.92 Å². The molecule has 0 aromatic heterocycles. The van der Waals surface area contributed by atoms with Crippen molar-refractivity contribution in [1.82, 2.24) is 5.32 Å². The van der Waals surface area contributed by atoms with Gasteiger partial charge in [-0.15, -0.1) is 11.8 Å². The van der Waals surface area contributed by atoms with Crippen LogP contribution in [0.5, 0.6) is 0 Å². The molecule has 3 atom stereocenters. The maximum atomic E-state index is 12.2. The second-order valence-corrected chi connectivity index (χ2v) is 6.75. The number of thioether (sulfide) groups is 1. The quantitative estimate of drug-likeness (QED) is 0.756. The summed E-state index contributed by atoms with van der Waals surface area (Å²) >= 11 is 7.43. The normalized spacial score (nSPS) is 15.0. The van der Waals surface area contributed by atoms with Gasteiger partial charge in [-0.1, -0.05) is 44.0 Å². The van der Waals surface area contributed by atoms with Crippen LogP contribution in [0.4, 0.5) is 0 Å². The lowest BCUT2D eigenvalue weighted by Gasteiger charge is -2.23. The molecule has 0 aliphatic rings. The molecule has 2 amide bonds. The second kappa shape index (κ2) is 8.29. The molecule has 1 aromatic rings. The molecule has 0 radical (unpaired) electrons. The fourth-order valence-corrected chi connectivity index (χ4v) is 2.95. The molecule has 0 heterocycles. The van der Waals surface area contributed by atoms with Crippen LogP contribution in [-0.2, 0) is 9.59 Å².